The standard InChI is InChI=1S/C20H39PS/c1-2-3-4-5-6-13-18-21(22,19-14-9-7-10-15-19)20-16-11-8-12-17-20/h19-20H,2-18H2,1H3. The zero-order valence-corrected chi connectivity index (χ0v) is 16.7. The van der Waals surface area contributed by atoms with Crippen molar-refractivity contribution >= 4 is 17.8 Å². The molecule has 2 aliphatic rings. The van der Waals surface area contributed by atoms with Crippen LogP contribution in [0.15, 0.2) is 0 Å². The van der Waals surface area contributed by atoms with Gasteiger partial charge in [-0.25, -0.2) is 0 Å². The molecule has 0 aromatic rings. The van der Waals surface area contributed by atoms with Gasteiger partial charge in [0.25, 0.3) is 0 Å². The summed E-state index contributed by atoms with van der Waals surface area (Å²) in [6, 6.07) is -1.09. The number of hydrogen-bond donors (Lipinski definition) is 0. The van der Waals surface area contributed by atoms with Gasteiger partial charge in [0.1, 0.15) is 0 Å². The first-order chi connectivity index (χ1) is 10.8. The highest BCUT2D eigenvalue weighted by Gasteiger charge is 2.36. The van der Waals surface area contributed by atoms with Crippen molar-refractivity contribution in [2.45, 2.75) is 121 Å². The Bertz CT molecular complexity index is 305. The lowest BCUT2D eigenvalue weighted by Crippen LogP contribution is -2.25. The minimum Gasteiger partial charge on any atom is -0.0969 e. The quantitative estimate of drug-likeness (QED) is 0.309. The Morgan fingerprint density at radius 3 is 1.64 bits per heavy atom. The van der Waals surface area contributed by atoms with E-state index in [-0.39, 0.29) is 0 Å². The molecule has 0 spiro atoms. The molecule has 0 aliphatic heterocycles. The fourth-order valence-electron chi connectivity index (χ4n) is 4.84. The van der Waals surface area contributed by atoms with E-state index in [1.807, 2.05) is 0 Å². The van der Waals surface area contributed by atoms with Gasteiger partial charge in [0.15, 0.2) is 0 Å². The Morgan fingerprint density at radius 1 is 0.682 bits per heavy atom. The van der Waals surface area contributed by atoms with Crippen molar-refractivity contribution in [3.05, 3.63) is 0 Å². The van der Waals surface area contributed by atoms with Crippen LogP contribution < -0.4 is 0 Å². The van der Waals surface area contributed by atoms with Crippen LogP contribution in [0.2, 0.25) is 0 Å². The van der Waals surface area contributed by atoms with Crippen LogP contribution in [0.1, 0.15) is 110 Å². The van der Waals surface area contributed by atoms with Crippen molar-refractivity contribution in [1.82, 2.24) is 0 Å². The first kappa shape index (κ1) is 19.0. The van der Waals surface area contributed by atoms with E-state index >= 15 is 0 Å². The molecule has 0 N–H and O–H groups in total. The molecule has 0 amide bonds. The van der Waals surface area contributed by atoms with Crippen molar-refractivity contribution in [2.75, 3.05) is 6.16 Å². The summed E-state index contributed by atoms with van der Waals surface area (Å²) in [6.07, 6.45) is 24.9. The third kappa shape index (κ3) is 5.62. The van der Waals surface area contributed by atoms with Crippen molar-refractivity contribution in [2.24, 2.45) is 0 Å². The van der Waals surface area contributed by atoms with Crippen LogP contribution >= 0.6 is 6.04 Å². The summed E-state index contributed by atoms with van der Waals surface area (Å²) in [6.45, 7) is 2.31. The lowest BCUT2D eigenvalue weighted by molar-refractivity contribution is 0.482. The van der Waals surface area contributed by atoms with Gasteiger partial charge in [0, 0.05) is 0 Å². The van der Waals surface area contributed by atoms with E-state index < -0.39 is 6.04 Å². The van der Waals surface area contributed by atoms with Gasteiger partial charge < -0.3 is 0 Å². The second-order valence-corrected chi connectivity index (χ2v) is 13.6. The van der Waals surface area contributed by atoms with Crippen molar-refractivity contribution < 1.29 is 0 Å². The average molecular weight is 343 g/mol. The zero-order chi connectivity index (χ0) is 15.7. The highest BCUT2D eigenvalue weighted by atomic mass is 32.4. The molecule has 0 atom stereocenters. The third-order valence-corrected chi connectivity index (χ3v) is 13.1. The molecule has 0 unspecified atom stereocenters. The second kappa shape index (κ2) is 10.5. The second-order valence-electron chi connectivity index (χ2n) is 7.93. The predicted octanol–water partition coefficient (Wildman–Crippen LogP) is 7.49. The van der Waals surface area contributed by atoms with Crippen LogP contribution in [0.4, 0.5) is 0 Å². The van der Waals surface area contributed by atoms with Crippen LogP contribution in [-0.4, -0.2) is 17.5 Å². The summed E-state index contributed by atoms with van der Waals surface area (Å²) in [5, 5.41) is 0. The first-order valence-corrected chi connectivity index (χ1v) is 13.5. The van der Waals surface area contributed by atoms with Crippen molar-refractivity contribution in [1.29, 1.82) is 0 Å². The topological polar surface area (TPSA) is 0 Å². The summed E-state index contributed by atoms with van der Waals surface area (Å²) >= 11 is 6.55. The number of hydrogen-bond acceptors (Lipinski definition) is 1. The summed E-state index contributed by atoms with van der Waals surface area (Å²) in [5.74, 6) is 0. The molecular formula is C20H39PS. The van der Waals surface area contributed by atoms with Gasteiger partial charge in [-0.15, -0.1) is 0 Å². The summed E-state index contributed by atoms with van der Waals surface area (Å²) in [7, 11) is 0. The number of rotatable bonds is 9. The fourth-order valence-corrected chi connectivity index (χ4v) is 11.0. The molecule has 22 heavy (non-hydrogen) atoms. The van der Waals surface area contributed by atoms with E-state index in [0.29, 0.717) is 0 Å². The van der Waals surface area contributed by atoms with E-state index in [9.17, 15) is 0 Å². The van der Waals surface area contributed by atoms with Crippen LogP contribution in [-0.2, 0) is 11.8 Å². The molecule has 0 aromatic heterocycles. The van der Waals surface area contributed by atoms with Crippen molar-refractivity contribution in [3.63, 3.8) is 0 Å². The first-order valence-electron chi connectivity index (χ1n) is 10.4. The van der Waals surface area contributed by atoms with Crippen LogP contribution in [0.25, 0.3) is 0 Å². The Balaban J connectivity index is 1.87. The van der Waals surface area contributed by atoms with Gasteiger partial charge in [0.05, 0.1) is 0 Å². The minimum atomic E-state index is -1.09. The maximum atomic E-state index is 6.55. The Morgan fingerprint density at radius 2 is 1.14 bits per heavy atom. The summed E-state index contributed by atoms with van der Waals surface area (Å²) in [5.41, 5.74) is 1.96. The lowest BCUT2D eigenvalue weighted by Gasteiger charge is -2.41. The molecule has 2 rings (SSSR count). The van der Waals surface area contributed by atoms with Gasteiger partial charge in [-0.2, -0.15) is 0 Å². The van der Waals surface area contributed by atoms with Gasteiger partial charge in [0.2, 0.25) is 0 Å². The monoisotopic (exact) mass is 342 g/mol. The number of unbranched alkanes of at least 4 members (excludes halogenated alkanes) is 5. The molecular weight excluding hydrogens is 303 g/mol. The Labute approximate surface area is 145 Å². The molecule has 2 heteroatoms. The van der Waals surface area contributed by atoms with Gasteiger partial charge in [-0.05, 0) is 55.6 Å². The SMILES string of the molecule is CCCCCCCCP(=S)(C1CCCCC1)C1CCCCC1. The van der Waals surface area contributed by atoms with Crippen molar-refractivity contribution in [3.8, 4) is 0 Å². The van der Waals surface area contributed by atoms with Gasteiger partial charge in [-0.3, -0.25) is 0 Å². The Kier molecular flexibility index (Phi) is 9.06. The fraction of sp³-hybridized carbons (Fsp3) is 1.00. The maximum Gasteiger partial charge on any atom is -0.0116 e. The smallest absolute Gasteiger partial charge is 0.0116 e. The van der Waals surface area contributed by atoms with E-state index in [4.69, 9.17) is 11.8 Å². The molecule has 0 aromatic carbocycles. The predicted molar refractivity (Wildman–Crippen MR) is 106 cm³/mol. The molecule has 2 fully saturated rings. The van der Waals surface area contributed by atoms with E-state index in [0.717, 1.165) is 11.3 Å². The van der Waals surface area contributed by atoms with Crippen LogP contribution in [0, 0.1) is 0 Å². The molecule has 2 aliphatic carbocycles. The lowest BCUT2D eigenvalue weighted by atomic mass is 9.99. The molecule has 0 heterocycles. The van der Waals surface area contributed by atoms with Gasteiger partial charge >= 0.3 is 0 Å². The normalized spacial score (nSPS) is 22.0. The highest BCUT2D eigenvalue weighted by molar-refractivity contribution is 8.15. The maximum absolute atomic E-state index is 6.55. The van der Waals surface area contributed by atoms with Gasteiger partial charge in [-0.1, -0.05) is 89.4 Å². The minimum absolute atomic E-state index is 0.981. The summed E-state index contributed by atoms with van der Waals surface area (Å²) < 4.78 is 0. The molecule has 130 valence electrons. The largest absolute Gasteiger partial charge is 0.0969 e. The van der Waals surface area contributed by atoms with E-state index in [2.05, 4.69) is 6.92 Å². The van der Waals surface area contributed by atoms with Crippen LogP contribution in [0.5, 0.6) is 0 Å². The average Bonchev–Trinajstić information content (AvgIpc) is 2.59. The zero-order valence-electron chi connectivity index (χ0n) is 15.0. The molecule has 0 bridgehead atoms. The Hall–Kier alpha value is 0.650. The molecule has 0 saturated heterocycles. The van der Waals surface area contributed by atoms with Crippen LogP contribution in [0.3, 0.4) is 0 Å². The third-order valence-electron chi connectivity index (χ3n) is 6.25. The molecule has 0 nitrogen and oxygen atoms in total. The highest BCUT2D eigenvalue weighted by Crippen LogP contribution is 2.63. The van der Waals surface area contributed by atoms with E-state index in [1.165, 1.54) is 109 Å². The molecule has 0 radical (unpaired) electrons. The van der Waals surface area contributed by atoms with E-state index in [1.54, 1.807) is 0 Å². The molecule has 2 saturated carbocycles. The summed E-state index contributed by atoms with van der Waals surface area (Å²) in [4.78, 5) is 0.